The van der Waals surface area contributed by atoms with Gasteiger partial charge < -0.3 is 15.1 Å². The molecule has 1 fully saturated rings. The second kappa shape index (κ2) is 8.45. The van der Waals surface area contributed by atoms with Crippen molar-refractivity contribution in [2.24, 2.45) is 0 Å². The molecular formula is C22H20FN3O2S. The predicted octanol–water partition coefficient (Wildman–Crippen LogP) is 4.54. The lowest BCUT2D eigenvalue weighted by molar-refractivity contribution is 0.0671. The highest BCUT2D eigenvalue weighted by atomic mass is 32.1. The summed E-state index contributed by atoms with van der Waals surface area (Å²) < 4.78 is 13.3. The Balaban J connectivity index is 1.31. The van der Waals surface area contributed by atoms with Gasteiger partial charge in [-0.3, -0.25) is 4.79 Å². The third-order valence-corrected chi connectivity index (χ3v) is 5.79. The Hall–Kier alpha value is -3.19. The number of urea groups is 1. The number of carbonyl (C=O) groups is 2. The summed E-state index contributed by atoms with van der Waals surface area (Å²) in [5.74, 6) is -0.646. The highest BCUT2D eigenvalue weighted by Crippen LogP contribution is 2.25. The number of benzene rings is 2. The van der Waals surface area contributed by atoms with Crippen LogP contribution >= 0.6 is 11.3 Å². The minimum Gasteiger partial charge on any atom is -0.335 e. The van der Waals surface area contributed by atoms with E-state index in [1.54, 1.807) is 27.2 Å². The quantitative estimate of drug-likeness (QED) is 0.690. The lowest BCUT2D eigenvalue weighted by Crippen LogP contribution is -2.51. The molecule has 3 amide bonds. The number of amides is 3. The molecule has 1 aromatic heterocycles. The van der Waals surface area contributed by atoms with E-state index in [0.717, 1.165) is 11.3 Å². The molecule has 4 rings (SSSR count). The van der Waals surface area contributed by atoms with Crippen molar-refractivity contribution in [3.05, 3.63) is 77.4 Å². The summed E-state index contributed by atoms with van der Waals surface area (Å²) in [5, 5.41) is 4.94. The van der Waals surface area contributed by atoms with Gasteiger partial charge in [0, 0.05) is 42.3 Å². The Kier molecular flexibility index (Phi) is 5.57. The van der Waals surface area contributed by atoms with Gasteiger partial charge in [0.25, 0.3) is 5.91 Å². The Bertz CT molecular complexity index is 997. The molecule has 3 aromatic rings. The van der Waals surface area contributed by atoms with Crippen molar-refractivity contribution in [3.63, 3.8) is 0 Å². The van der Waals surface area contributed by atoms with Gasteiger partial charge in [0.2, 0.25) is 0 Å². The molecule has 1 saturated heterocycles. The van der Waals surface area contributed by atoms with Crippen LogP contribution in [0.25, 0.3) is 10.4 Å². The fourth-order valence-corrected chi connectivity index (χ4v) is 4.01. The van der Waals surface area contributed by atoms with E-state index in [4.69, 9.17) is 0 Å². The molecule has 1 N–H and O–H groups in total. The number of anilines is 1. The number of nitrogens with zero attached hydrogens (tertiary/aromatic N) is 2. The van der Waals surface area contributed by atoms with Crippen LogP contribution in [0.2, 0.25) is 0 Å². The van der Waals surface area contributed by atoms with Gasteiger partial charge in [-0.15, -0.1) is 11.3 Å². The average molecular weight is 409 g/mol. The van der Waals surface area contributed by atoms with E-state index in [9.17, 15) is 14.0 Å². The molecule has 0 spiro atoms. The van der Waals surface area contributed by atoms with Gasteiger partial charge in [-0.2, -0.15) is 0 Å². The summed E-state index contributed by atoms with van der Waals surface area (Å²) in [7, 11) is 0. The van der Waals surface area contributed by atoms with Crippen molar-refractivity contribution in [2.45, 2.75) is 0 Å². The van der Waals surface area contributed by atoms with Crippen LogP contribution in [0.5, 0.6) is 0 Å². The van der Waals surface area contributed by atoms with Gasteiger partial charge in [0.1, 0.15) is 5.82 Å². The highest BCUT2D eigenvalue weighted by molar-refractivity contribution is 7.13. The number of hydrogen-bond donors (Lipinski definition) is 1. The van der Waals surface area contributed by atoms with Crippen LogP contribution in [-0.2, 0) is 0 Å². The van der Waals surface area contributed by atoms with Crippen LogP contribution in [0.15, 0.2) is 66.0 Å². The monoisotopic (exact) mass is 409 g/mol. The molecule has 0 radical (unpaired) electrons. The van der Waals surface area contributed by atoms with Crippen LogP contribution in [0.4, 0.5) is 14.9 Å². The molecule has 1 aliphatic heterocycles. The van der Waals surface area contributed by atoms with Crippen LogP contribution in [-0.4, -0.2) is 47.9 Å². The Morgan fingerprint density at radius 2 is 1.62 bits per heavy atom. The van der Waals surface area contributed by atoms with Gasteiger partial charge >= 0.3 is 6.03 Å². The van der Waals surface area contributed by atoms with Gasteiger partial charge in [-0.25, -0.2) is 9.18 Å². The third kappa shape index (κ3) is 4.46. The Morgan fingerprint density at radius 3 is 2.28 bits per heavy atom. The minimum absolute atomic E-state index is 0.188. The molecule has 0 bridgehead atoms. The topological polar surface area (TPSA) is 52.7 Å². The van der Waals surface area contributed by atoms with Gasteiger partial charge in [0.05, 0.1) is 0 Å². The summed E-state index contributed by atoms with van der Waals surface area (Å²) in [5.41, 5.74) is 2.17. The van der Waals surface area contributed by atoms with Crippen molar-refractivity contribution in [2.75, 3.05) is 31.5 Å². The van der Waals surface area contributed by atoms with Crippen LogP contribution in [0, 0.1) is 5.82 Å². The molecule has 5 nitrogen and oxygen atoms in total. The van der Waals surface area contributed by atoms with Crippen molar-refractivity contribution in [1.29, 1.82) is 0 Å². The van der Waals surface area contributed by atoms with Crippen LogP contribution in [0.1, 0.15) is 10.4 Å². The first kappa shape index (κ1) is 19.1. The number of rotatable bonds is 3. The van der Waals surface area contributed by atoms with E-state index in [1.165, 1.54) is 23.1 Å². The van der Waals surface area contributed by atoms with Crippen molar-refractivity contribution < 1.29 is 14.0 Å². The predicted molar refractivity (Wildman–Crippen MR) is 113 cm³/mol. The fraction of sp³-hybridized carbons (Fsp3) is 0.182. The zero-order chi connectivity index (χ0) is 20.2. The maximum absolute atomic E-state index is 13.3. The first-order chi connectivity index (χ1) is 14.1. The first-order valence-corrected chi connectivity index (χ1v) is 10.2. The Morgan fingerprint density at radius 1 is 0.897 bits per heavy atom. The molecule has 0 aliphatic carbocycles. The lowest BCUT2D eigenvalue weighted by atomic mass is 10.1. The van der Waals surface area contributed by atoms with E-state index in [0.29, 0.717) is 31.7 Å². The normalized spacial score (nSPS) is 14.0. The minimum atomic E-state index is -0.432. The standard InChI is InChI=1S/C22H20FN3O2S/c23-18-4-1-3-17(15-18)21(27)25-10-12-26(13-11-25)22(28)24-19-8-6-16(7-9-19)20-5-2-14-29-20/h1-9,14-15H,10-13H2,(H,24,28). The van der Waals surface area contributed by atoms with Crippen LogP contribution < -0.4 is 5.32 Å². The van der Waals surface area contributed by atoms with Crippen molar-refractivity contribution >= 4 is 29.0 Å². The van der Waals surface area contributed by atoms with Crippen molar-refractivity contribution in [1.82, 2.24) is 9.80 Å². The summed E-state index contributed by atoms with van der Waals surface area (Å²) in [6, 6.07) is 17.3. The molecule has 29 heavy (non-hydrogen) atoms. The molecule has 2 heterocycles. The van der Waals surface area contributed by atoms with E-state index in [1.807, 2.05) is 35.7 Å². The molecule has 2 aromatic carbocycles. The second-order valence-corrected chi connectivity index (χ2v) is 7.72. The number of nitrogens with one attached hydrogen (secondary N) is 1. The maximum Gasteiger partial charge on any atom is 0.321 e. The van der Waals surface area contributed by atoms with Gasteiger partial charge in [0.15, 0.2) is 0 Å². The Labute approximate surface area is 172 Å². The maximum atomic E-state index is 13.3. The van der Waals surface area contributed by atoms with Gasteiger partial charge in [-0.1, -0.05) is 24.3 Å². The molecule has 0 saturated carbocycles. The van der Waals surface area contributed by atoms with E-state index < -0.39 is 5.82 Å². The number of hydrogen-bond acceptors (Lipinski definition) is 3. The number of piperazine rings is 1. The summed E-state index contributed by atoms with van der Waals surface area (Å²) in [6.07, 6.45) is 0. The van der Waals surface area contributed by atoms with E-state index in [-0.39, 0.29) is 11.9 Å². The zero-order valence-electron chi connectivity index (χ0n) is 15.7. The molecule has 0 atom stereocenters. The highest BCUT2D eigenvalue weighted by Gasteiger charge is 2.25. The molecule has 7 heteroatoms. The van der Waals surface area contributed by atoms with Crippen molar-refractivity contribution in [3.8, 4) is 10.4 Å². The smallest absolute Gasteiger partial charge is 0.321 e. The largest absolute Gasteiger partial charge is 0.335 e. The molecule has 148 valence electrons. The molecule has 1 aliphatic rings. The average Bonchev–Trinajstić information content (AvgIpc) is 3.29. The van der Waals surface area contributed by atoms with E-state index in [2.05, 4.69) is 11.4 Å². The van der Waals surface area contributed by atoms with Crippen LogP contribution in [0.3, 0.4) is 0 Å². The molecular weight excluding hydrogens is 389 g/mol. The number of halogens is 1. The number of thiophene rings is 1. The summed E-state index contributed by atoms with van der Waals surface area (Å²) in [4.78, 5) is 29.5. The SMILES string of the molecule is O=C(Nc1ccc(-c2cccs2)cc1)N1CCN(C(=O)c2cccc(F)c2)CC1. The first-order valence-electron chi connectivity index (χ1n) is 9.35. The van der Waals surface area contributed by atoms with E-state index >= 15 is 0 Å². The summed E-state index contributed by atoms with van der Waals surface area (Å²) in [6.45, 7) is 1.69. The number of carbonyl (C=O) groups excluding carboxylic acids is 2. The summed E-state index contributed by atoms with van der Waals surface area (Å²) >= 11 is 1.67. The van der Waals surface area contributed by atoms with Gasteiger partial charge in [-0.05, 0) is 47.3 Å². The fourth-order valence-electron chi connectivity index (χ4n) is 3.28. The molecule has 0 unspecified atom stereocenters. The third-order valence-electron chi connectivity index (χ3n) is 4.87. The second-order valence-electron chi connectivity index (χ2n) is 6.77. The lowest BCUT2D eigenvalue weighted by Gasteiger charge is -2.34. The zero-order valence-corrected chi connectivity index (χ0v) is 16.5.